The number of anilines is 3. The third-order valence-electron chi connectivity index (χ3n) is 3.80. The van der Waals surface area contributed by atoms with Gasteiger partial charge in [-0.25, -0.2) is 13.4 Å². The molecule has 0 unspecified atom stereocenters. The summed E-state index contributed by atoms with van der Waals surface area (Å²) in [6.45, 7) is 3.85. The Morgan fingerprint density at radius 2 is 1.69 bits per heavy atom. The van der Waals surface area contributed by atoms with Gasteiger partial charge in [0.15, 0.2) is 0 Å². The van der Waals surface area contributed by atoms with Gasteiger partial charge in [0.1, 0.15) is 5.82 Å². The number of nitrogens with one attached hydrogen (secondary N) is 2. The van der Waals surface area contributed by atoms with Crippen LogP contribution in [0.4, 0.5) is 17.2 Å². The maximum absolute atomic E-state index is 12.4. The topological polar surface area (TPSA) is 71.1 Å². The summed E-state index contributed by atoms with van der Waals surface area (Å²) in [6.07, 6.45) is 1.47. The summed E-state index contributed by atoms with van der Waals surface area (Å²) in [5.41, 5.74) is 3.26. The Morgan fingerprint density at radius 3 is 2.31 bits per heavy atom. The van der Waals surface area contributed by atoms with E-state index < -0.39 is 10.0 Å². The molecule has 26 heavy (non-hydrogen) atoms. The molecule has 0 radical (unpaired) electrons. The highest BCUT2D eigenvalue weighted by Gasteiger charge is 2.14. The van der Waals surface area contributed by atoms with E-state index in [1.165, 1.54) is 6.20 Å². The van der Waals surface area contributed by atoms with Gasteiger partial charge in [0.2, 0.25) is 0 Å². The predicted octanol–water partition coefficient (Wildman–Crippen LogP) is 4.90. The Morgan fingerprint density at radius 1 is 0.962 bits per heavy atom. The SMILES string of the molecule is Cc1ccc(S(=O)(=O)Nc2ccc(Nc3ccc(Cl)cc3C)nc2)cc1. The molecule has 2 aromatic carbocycles. The molecule has 0 bridgehead atoms. The van der Waals surface area contributed by atoms with E-state index in [9.17, 15) is 8.42 Å². The van der Waals surface area contributed by atoms with Crippen molar-refractivity contribution < 1.29 is 8.42 Å². The Hall–Kier alpha value is -2.57. The smallest absolute Gasteiger partial charge is 0.261 e. The highest BCUT2D eigenvalue weighted by Crippen LogP contribution is 2.23. The summed E-state index contributed by atoms with van der Waals surface area (Å²) in [4.78, 5) is 4.47. The van der Waals surface area contributed by atoms with E-state index >= 15 is 0 Å². The van der Waals surface area contributed by atoms with Crippen LogP contribution < -0.4 is 10.0 Å². The second-order valence-corrected chi connectivity index (χ2v) is 8.05. The Bertz CT molecular complexity index is 1020. The fourth-order valence-corrected chi connectivity index (χ4v) is 3.63. The van der Waals surface area contributed by atoms with Crippen molar-refractivity contribution >= 4 is 38.8 Å². The molecule has 0 saturated heterocycles. The van der Waals surface area contributed by atoms with Gasteiger partial charge in [0, 0.05) is 10.7 Å². The van der Waals surface area contributed by atoms with Crippen LogP contribution in [0, 0.1) is 13.8 Å². The van der Waals surface area contributed by atoms with Crippen molar-refractivity contribution in [2.45, 2.75) is 18.7 Å². The van der Waals surface area contributed by atoms with Crippen LogP contribution >= 0.6 is 11.6 Å². The van der Waals surface area contributed by atoms with Gasteiger partial charge in [0.25, 0.3) is 10.0 Å². The molecule has 7 heteroatoms. The number of aryl methyl sites for hydroxylation is 2. The highest BCUT2D eigenvalue weighted by molar-refractivity contribution is 7.92. The van der Waals surface area contributed by atoms with Crippen molar-refractivity contribution in [3.63, 3.8) is 0 Å². The van der Waals surface area contributed by atoms with E-state index in [4.69, 9.17) is 11.6 Å². The third kappa shape index (κ3) is 4.33. The monoisotopic (exact) mass is 387 g/mol. The molecule has 0 aliphatic heterocycles. The van der Waals surface area contributed by atoms with Crippen LogP contribution in [-0.2, 0) is 10.0 Å². The quantitative estimate of drug-likeness (QED) is 0.653. The average molecular weight is 388 g/mol. The van der Waals surface area contributed by atoms with Gasteiger partial charge in [-0.15, -0.1) is 0 Å². The standard InChI is InChI=1S/C19H18ClN3O2S/c1-13-3-7-17(8-4-13)26(24,25)23-16-6-10-19(21-12-16)22-18-9-5-15(20)11-14(18)2/h3-12,23H,1-2H3,(H,21,22). The number of benzene rings is 2. The second-order valence-electron chi connectivity index (χ2n) is 5.93. The lowest BCUT2D eigenvalue weighted by atomic mass is 10.2. The second kappa shape index (κ2) is 7.35. The van der Waals surface area contributed by atoms with E-state index in [1.807, 2.05) is 26.0 Å². The first kappa shape index (κ1) is 18.2. The first-order chi connectivity index (χ1) is 12.3. The molecule has 0 spiro atoms. The van der Waals surface area contributed by atoms with E-state index in [1.54, 1.807) is 42.5 Å². The van der Waals surface area contributed by atoms with Crippen LogP contribution in [0.1, 0.15) is 11.1 Å². The zero-order chi connectivity index (χ0) is 18.7. The van der Waals surface area contributed by atoms with Crippen LogP contribution in [-0.4, -0.2) is 13.4 Å². The number of hydrogen-bond donors (Lipinski definition) is 2. The number of pyridine rings is 1. The van der Waals surface area contributed by atoms with Crippen LogP contribution in [0.15, 0.2) is 65.7 Å². The Labute approximate surface area is 158 Å². The van der Waals surface area contributed by atoms with Crippen LogP contribution in [0.25, 0.3) is 0 Å². The predicted molar refractivity (Wildman–Crippen MR) is 106 cm³/mol. The van der Waals surface area contributed by atoms with Gasteiger partial charge in [-0.1, -0.05) is 29.3 Å². The number of sulfonamides is 1. The minimum absolute atomic E-state index is 0.210. The fraction of sp³-hybridized carbons (Fsp3) is 0.105. The van der Waals surface area contributed by atoms with Gasteiger partial charge >= 0.3 is 0 Å². The molecule has 2 N–H and O–H groups in total. The lowest BCUT2D eigenvalue weighted by Gasteiger charge is -2.11. The van der Waals surface area contributed by atoms with Gasteiger partial charge in [-0.3, -0.25) is 4.72 Å². The maximum atomic E-state index is 12.4. The molecular weight excluding hydrogens is 370 g/mol. The molecule has 0 fully saturated rings. The minimum Gasteiger partial charge on any atom is -0.340 e. The highest BCUT2D eigenvalue weighted by atomic mass is 35.5. The average Bonchev–Trinajstić information content (AvgIpc) is 2.59. The molecule has 1 heterocycles. The zero-order valence-corrected chi connectivity index (χ0v) is 15.9. The van der Waals surface area contributed by atoms with Crippen LogP contribution in [0.2, 0.25) is 5.02 Å². The summed E-state index contributed by atoms with van der Waals surface area (Å²) < 4.78 is 27.3. The zero-order valence-electron chi connectivity index (χ0n) is 14.3. The van der Waals surface area contributed by atoms with E-state index in [-0.39, 0.29) is 4.90 Å². The number of halogens is 1. The van der Waals surface area contributed by atoms with Crippen molar-refractivity contribution in [1.29, 1.82) is 0 Å². The Kier molecular flexibility index (Phi) is 5.15. The van der Waals surface area contributed by atoms with E-state index in [0.717, 1.165) is 16.8 Å². The molecule has 3 aromatic rings. The number of hydrogen-bond acceptors (Lipinski definition) is 4. The summed E-state index contributed by atoms with van der Waals surface area (Å²) in [5, 5.41) is 3.85. The van der Waals surface area contributed by atoms with Crippen molar-refractivity contribution in [1.82, 2.24) is 4.98 Å². The lowest BCUT2D eigenvalue weighted by molar-refractivity contribution is 0.601. The largest absolute Gasteiger partial charge is 0.340 e. The molecule has 1 aromatic heterocycles. The van der Waals surface area contributed by atoms with Crippen molar-refractivity contribution in [2.75, 3.05) is 10.0 Å². The first-order valence-electron chi connectivity index (χ1n) is 7.92. The summed E-state index contributed by atoms with van der Waals surface area (Å²) in [5.74, 6) is 0.605. The molecule has 134 valence electrons. The molecule has 0 atom stereocenters. The van der Waals surface area contributed by atoms with Gasteiger partial charge in [-0.05, 0) is 61.9 Å². The van der Waals surface area contributed by atoms with E-state index in [2.05, 4.69) is 15.0 Å². The summed E-state index contributed by atoms with van der Waals surface area (Å²) in [6, 6.07) is 15.5. The lowest BCUT2D eigenvalue weighted by Crippen LogP contribution is -2.13. The van der Waals surface area contributed by atoms with Crippen molar-refractivity contribution in [2.24, 2.45) is 0 Å². The molecule has 0 saturated carbocycles. The molecular formula is C19H18ClN3O2S. The number of nitrogens with zero attached hydrogens (tertiary/aromatic N) is 1. The molecule has 5 nitrogen and oxygen atoms in total. The first-order valence-corrected chi connectivity index (χ1v) is 9.78. The normalized spacial score (nSPS) is 11.2. The van der Waals surface area contributed by atoms with Gasteiger partial charge < -0.3 is 5.32 Å². The molecule has 0 aliphatic carbocycles. The van der Waals surface area contributed by atoms with Crippen LogP contribution in [0.3, 0.4) is 0 Å². The Balaban J connectivity index is 1.74. The van der Waals surface area contributed by atoms with Gasteiger partial charge in [0.05, 0.1) is 16.8 Å². The number of aromatic nitrogens is 1. The molecule has 0 amide bonds. The number of rotatable bonds is 5. The van der Waals surface area contributed by atoms with Gasteiger partial charge in [-0.2, -0.15) is 0 Å². The summed E-state index contributed by atoms with van der Waals surface area (Å²) in [7, 11) is -3.64. The minimum atomic E-state index is -3.64. The molecule has 0 aliphatic rings. The van der Waals surface area contributed by atoms with Crippen molar-refractivity contribution in [3.05, 3.63) is 76.9 Å². The maximum Gasteiger partial charge on any atom is 0.261 e. The van der Waals surface area contributed by atoms with Crippen LogP contribution in [0.5, 0.6) is 0 Å². The van der Waals surface area contributed by atoms with Crippen molar-refractivity contribution in [3.8, 4) is 0 Å². The third-order valence-corrected chi connectivity index (χ3v) is 5.43. The molecule has 3 rings (SSSR count). The van der Waals surface area contributed by atoms with E-state index in [0.29, 0.717) is 16.5 Å². The summed E-state index contributed by atoms with van der Waals surface area (Å²) >= 11 is 5.95. The fourth-order valence-electron chi connectivity index (χ4n) is 2.36.